The van der Waals surface area contributed by atoms with Crippen LogP contribution in [0.15, 0.2) is 24.5 Å². The average molecular weight is 344 g/mol. The lowest BCUT2D eigenvalue weighted by Gasteiger charge is -2.43. The van der Waals surface area contributed by atoms with Crippen LogP contribution in [0.1, 0.15) is 57.9 Å². The molecule has 1 saturated carbocycles. The molecular formula is C21H29FN2O. The highest BCUT2D eigenvalue weighted by Gasteiger charge is 2.38. The molecule has 2 N–H and O–H groups in total. The van der Waals surface area contributed by atoms with Crippen LogP contribution >= 0.6 is 0 Å². The van der Waals surface area contributed by atoms with Crippen molar-refractivity contribution in [3.05, 3.63) is 35.9 Å². The van der Waals surface area contributed by atoms with E-state index in [0.717, 1.165) is 54.9 Å². The summed E-state index contributed by atoms with van der Waals surface area (Å²) in [6.07, 6.45) is 9.59. The smallest absolute Gasteiger partial charge is 0.166 e. The molecule has 0 saturated heterocycles. The van der Waals surface area contributed by atoms with Crippen LogP contribution in [0.5, 0.6) is 5.75 Å². The Kier molecular flexibility index (Phi) is 5.28. The summed E-state index contributed by atoms with van der Waals surface area (Å²) in [5.74, 6) is 0.100. The molecule has 0 spiro atoms. The number of pyridine rings is 1. The number of aromatic nitrogens is 1. The molecule has 136 valence electrons. The Morgan fingerprint density at radius 3 is 2.72 bits per heavy atom. The van der Waals surface area contributed by atoms with Gasteiger partial charge in [0.05, 0.1) is 6.10 Å². The average Bonchev–Trinajstić information content (AvgIpc) is 2.65. The highest BCUT2D eigenvalue weighted by molar-refractivity contribution is 5.86. The summed E-state index contributed by atoms with van der Waals surface area (Å²) in [7, 11) is 0. The first-order chi connectivity index (χ1) is 12.0. The third kappa shape index (κ3) is 3.37. The first-order valence-electron chi connectivity index (χ1n) is 9.45. The monoisotopic (exact) mass is 344 g/mol. The second-order valence-corrected chi connectivity index (χ2v) is 7.46. The Balaban J connectivity index is 1.77. The van der Waals surface area contributed by atoms with Gasteiger partial charge in [-0.05, 0) is 68.4 Å². The zero-order valence-corrected chi connectivity index (χ0v) is 15.5. The van der Waals surface area contributed by atoms with E-state index in [9.17, 15) is 4.39 Å². The van der Waals surface area contributed by atoms with Gasteiger partial charge in [-0.3, -0.25) is 4.98 Å². The van der Waals surface area contributed by atoms with Crippen LogP contribution in [0.25, 0.3) is 10.8 Å². The number of nitrogens with two attached hydrogens (primary N) is 1. The topological polar surface area (TPSA) is 48.1 Å². The van der Waals surface area contributed by atoms with Crippen molar-refractivity contribution < 1.29 is 9.13 Å². The number of aryl methyl sites for hydroxylation is 1. The van der Waals surface area contributed by atoms with Crippen molar-refractivity contribution in [2.75, 3.05) is 0 Å². The van der Waals surface area contributed by atoms with E-state index in [0.29, 0.717) is 5.75 Å². The van der Waals surface area contributed by atoms with Gasteiger partial charge in [0.1, 0.15) is 0 Å². The molecule has 0 aliphatic heterocycles. The van der Waals surface area contributed by atoms with Crippen LogP contribution in [-0.2, 0) is 0 Å². The predicted molar refractivity (Wildman–Crippen MR) is 100 cm³/mol. The molecule has 1 aliphatic carbocycles. The van der Waals surface area contributed by atoms with E-state index in [1.54, 1.807) is 12.4 Å². The molecule has 0 amide bonds. The van der Waals surface area contributed by atoms with Crippen molar-refractivity contribution in [3.63, 3.8) is 0 Å². The van der Waals surface area contributed by atoms with E-state index in [4.69, 9.17) is 10.5 Å². The van der Waals surface area contributed by atoms with Crippen LogP contribution in [0, 0.1) is 18.2 Å². The number of ether oxygens (including phenoxy) is 1. The van der Waals surface area contributed by atoms with Crippen molar-refractivity contribution in [1.29, 1.82) is 0 Å². The van der Waals surface area contributed by atoms with Crippen molar-refractivity contribution in [2.24, 2.45) is 11.1 Å². The first kappa shape index (κ1) is 18.1. The van der Waals surface area contributed by atoms with Gasteiger partial charge in [0.2, 0.25) is 0 Å². The maximum absolute atomic E-state index is 14.6. The third-order valence-corrected chi connectivity index (χ3v) is 6.24. The maximum atomic E-state index is 14.6. The summed E-state index contributed by atoms with van der Waals surface area (Å²) < 4.78 is 20.7. The quantitative estimate of drug-likeness (QED) is 0.817. The SMILES string of the molecule is CC[C@H](N)[C@]1(CC)CC[C@H](Oc2c(F)cc3cnccc3c2C)CC1. The van der Waals surface area contributed by atoms with Crippen molar-refractivity contribution >= 4 is 10.8 Å². The molecule has 4 heteroatoms. The number of hydrogen-bond acceptors (Lipinski definition) is 3. The molecule has 0 bridgehead atoms. The Labute approximate surface area is 149 Å². The lowest BCUT2D eigenvalue weighted by Crippen LogP contribution is -2.45. The fourth-order valence-corrected chi connectivity index (χ4v) is 4.38. The van der Waals surface area contributed by atoms with Gasteiger partial charge in [0.25, 0.3) is 0 Å². The highest BCUT2D eigenvalue weighted by atomic mass is 19.1. The van der Waals surface area contributed by atoms with Crippen LogP contribution in [0.2, 0.25) is 0 Å². The second kappa shape index (κ2) is 7.28. The molecule has 1 heterocycles. The van der Waals surface area contributed by atoms with Gasteiger partial charge in [-0.2, -0.15) is 0 Å². The lowest BCUT2D eigenvalue weighted by molar-refractivity contribution is 0.0545. The van der Waals surface area contributed by atoms with Crippen LogP contribution in [0.4, 0.5) is 4.39 Å². The van der Waals surface area contributed by atoms with Crippen LogP contribution in [-0.4, -0.2) is 17.1 Å². The molecule has 1 aliphatic rings. The second-order valence-electron chi connectivity index (χ2n) is 7.46. The van der Waals surface area contributed by atoms with Gasteiger partial charge >= 0.3 is 0 Å². The fraction of sp³-hybridized carbons (Fsp3) is 0.571. The van der Waals surface area contributed by atoms with Gasteiger partial charge < -0.3 is 10.5 Å². The standard InChI is InChI=1S/C21H29FN2O/c1-4-19(23)21(5-2)9-6-16(7-10-21)25-20-14(3)17-8-11-24-13-15(17)12-18(20)22/h8,11-13,16,19H,4-7,9-10,23H2,1-3H3/t16-,19-,21+/m0/s1. The molecule has 3 rings (SSSR count). The summed E-state index contributed by atoms with van der Waals surface area (Å²) in [6, 6.07) is 3.68. The minimum absolute atomic E-state index is 0.0659. The lowest BCUT2D eigenvalue weighted by atomic mass is 9.66. The van der Waals surface area contributed by atoms with Gasteiger partial charge in [-0.15, -0.1) is 0 Å². The highest BCUT2D eigenvalue weighted by Crippen LogP contribution is 2.44. The summed E-state index contributed by atoms with van der Waals surface area (Å²) in [5.41, 5.74) is 7.47. The zero-order chi connectivity index (χ0) is 18.0. The van der Waals surface area contributed by atoms with Crippen LogP contribution < -0.4 is 10.5 Å². The number of benzene rings is 1. The number of halogens is 1. The minimum atomic E-state index is -0.296. The van der Waals surface area contributed by atoms with Crippen molar-refractivity contribution in [2.45, 2.75) is 71.4 Å². The molecule has 0 radical (unpaired) electrons. The Hall–Kier alpha value is -1.68. The zero-order valence-electron chi connectivity index (χ0n) is 15.5. The predicted octanol–water partition coefficient (Wildman–Crippen LogP) is 5.14. The number of rotatable bonds is 5. The largest absolute Gasteiger partial charge is 0.487 e. The Morgan fingerprint density at radius 2 is 2.08 bits per heavy atom. The van der Waals surface area contributed by atoms with E-state index in [-0.39, 0.29) is 23.4 Å². The van der Waals surface area contributed by atoms with Gasteiger partial charge in [0.15, 0.2) is 11.6 Å². The summed E-state index contributed by atoms with van der Waals surface area (Å²) in [4.78, 5) is 4.07. The Bertz CT molecular complexity index is 738. The van der Waals surface area contributed by atoms with Crippen molar-refractivity contribution in [1.82, 2.24) is 4.98 Å². The summed E-state index contributed by atoms with van der Waals surface area (Å²) in [6.45, 7) is 6.32. The number of nitrogens with zero attached hydrogens (tertiary/aromatic N) is 1. The molecule has 0 unspecified atom stereocenters. The number of fused-ring (bicyclic) bond motifs is 1. The maximum Gasteiger partial charge on any atom is 0.166 e. The molecule has 1 aromatic carbocycles. The van der Waals surface area contributed by atoms with E-state index < -0.39 is 0 Å². The fourth-order valence-electron chi connectivity index (χ4n) is 4.38. The number of hydrogen-bond donors (Lipinski definition) is 1. The van der Waals surface area contributed by atoms with E-state index in [1.807, 2.05) is 13.0 Å². The first-order valence-corrected chi connectivity index (χ1v) is 9.45. The Morgan fingerprint density at radius 1 is 1.36 bits per heavy atom. The van der Waals surface area contributed by atoms with Gasteiger partial charge in [-0.1, -0.05) is 13.8 Å². The van der Waals surface area contributed by atoms with Crippen LogP contribution in [0.3, 0.4) is 0 Å². The van der Waals surface area contributed by atoms with E-state index >= 15 is 0 Å². The molecular weight excluding hydrogens is 315 g/mol. The van der Waals surface area contributed by atoms with Gasteiger partial charge in [-0.25, -0.2) is 4.39 Å². The van der Waals surface area contributed by atoms with Gasteiger partial charge in [0, 0.05) is 29.4 Å². The minimum Gasteiger partial charge on any atom is -0.487 e. The normalized spacial score (nSPS) is 25.1. The molecule has 3 nitrogen and oxygen atoms in total. The van der Waals surface area contributed by atoms with Crippen molar-refractivity contribution in [3.8, 4) is 5.75 Å². The summed E-state index contributed by atoms with van der Waals surface area (Å²) >= 11 is 0. The molecule has 1 atom stereocenters. The molecule has 25 heavy (non-hydrogen) atoms. The third-order valence-electron chi connectivity index (χ3n) is 6.24. The molecule has 1 aromatic heterocycles. The van der Waals surface area contributed by atoms with E-state index in [1.165, 1.54) is 6.07 Å². The molecule has 2 aromatic rings. The van der Waals surface area contributed by atoms with E-state index in [2.05, 4.69) is 18.8 Å². The summed E-state index contributed by atoms with van der Waals surface area (Å²) in [5, 5.41) is 1.81. The molecule has 1 fully saturated rings.